The van der Waals surface area contributed by atoms with E-state index >= 15 is 0 Å². The minimum Gasteiger partial charge on any atom is -0.759 e. The number of hydrogen-bond acceptors (Lipinski definition) is 6. The van der Waals surface area contributed by atoms with Gasteiger partial charge in [-0.3, -0.25) is 18.4 Å². The van der Waals surface area contributed by atoms with Gasteiger partial charge in [-0.15, -0.1) is 0 Å². The molecule has 23 heavy (non-hydrogen) atoms. The molecule has 0 atom stereocenters. The van der Waals surface area contributed by atoms with Gasteiger partial charge in [0, 0.05) is 33.6 Å². The van der Waals surface area contributed by atoms with Crippen molar-refractivity contribution in [1.82, 2.24) is 9.97 Å². The predicted molar refractivity (Wildman–Crippen MR) is 82.1 cm³/mol. The largest absolute Gasteiger partial charge is 2.00 e. The Labute approximate surface area is 141 Å². The van der Waals surface area contributed by atoms with Gasteiger partial charge in [0.2, 0.25) is 0 Å². The number of rotatable bonds is 0. The molecule has 0 amide bonds. The normalized spacial score (nSPS) is 9.13. The third-order valence-electron chi connectivity index (χ3n) is 2.34. The first kappa shape index (κ1) is 26.2. The SMILES string of the molecule is O=S(=O)([O-])[O-].[Ni+2].[OH3+].[OH3+].[OH3+].c1cnc2c(c1)ccc1cccnc12. The Hall–Kier alpha value is -1.72. The molecule has 9 N–H and O–H groups in total. The quantitative estimate of drug-likeness (QED) is 0.149. The maximum absolute atomic E-state index is 8.52. The first-order valence-electron chi connectivity index (χ1n) is 5.20. The summed E-state index contributed by atoms with van der Waals surface area (Å²) in [6, 6.07) is 12.1. The van der Waals surface area contributed by atoms with Crippen molar-refractivity contribution in [3.8, 4) is 0 Å². The number of pyridine rings is 2. The summed E-state index contributed by atoms with van der Waals surface area (Å²) in [4.78, 5) is 8.69. The van der Waals surface area contributed by atoms with Crippen molar-refractivity contribution < 1.29 is 50.4 Å². The molecule has 0 spiro atoms. The van der Waals surface area contributed by atoms with Gasteiger partial charge in [0.25, 0.3) is 0 Å². The van der Waals surface area contributed by atoms with Gasteiger partial charge >= 0.3 is 16.5 Å². The summed E-state index contributed by atoms with van der Waals surface area (Å²) in [5, 5.41) is 2.28. The fraction of sp³-hybridized carbons (Fsp3) is 0. The second kappa shape index (κ2) is 10.9. The zero-order chi connectivity index (χ0) is 13.9. The topological polar surface area (TPSA) is 205 Å². The molecule has 9 nitrogen and oxygen atoms in total. The number of fused-ring (bicyclic) bond motifs is 3. The monoisotopic (exact) mass is 391 g/mol. The molecule has 0 aliphatic heterocycles. The maximum atomic E-state index is 8.52. The number of hydrogen-bond donors (Lipinski definition) is 0. The molecule has 130 valence electrons. The molecule has 1 aromatic carbocycles. The van der Waals surface area contributed by atoms with Crippen LogP contribution in [0.25, 0.3) is 21.8 Å². The van der Waals surface area contributed by atoms with Crippen LogP contribution < -0.4 is 0 Å². The zero-order valence-electron chi connectivity index (χ0n) is 11.6. The first-order valence-corrected chi connectivity index (χ1v) is 6.53. The predicted octanol–water partition coefficient (Wildman–Crippen LogP) is -1.32. The molecular formula is C12H17N2NiO7S+3. The summed E-state index contributed by atoms with van der Waals surface area (Å²) in [6.07, 6.45) is 3.60. The van der Waals surface area contributed by atoms with Crippen LogP contribution in [0.1, 0.15) is 0 Å². The van der Waals surface area contributed by atoms with Crippen LogP contribution in [0.2, 0.25) is 0 Å². The van der Waals surface area contributed by atoms with Crippen molar-refractivity contribution >= 4 is 32.2 Å². The van der Waals surface area contributed by atoms with Gasteiger partial charge < -0.3 is 25.5 Å². The minimum absolute atomic E-state index is 0. The molecule has 0 radical (unpaired) electrons. The van der Waals surface area contributed by atoms with Crippen LogP contribution in [0, 0.1) is 0 Å². The maximum Gasteiger partial charge on any atom is 2.00 e. The second-order valence-corrected chi connectivity index (χ2v) is 4.44. The van der Waals surface area contributed by atoms with Crippen LogP contribution in [0.15, 0.2) is 48.8 Å². The van der Waals surface area contributed by atoms with Crippen molar-refractivity contribution in [3.05, 3.63) is 48.8 Å². The van der Waals surface area contributed by atoms with Gasteiger partial charge in [0.05, 0.1) is 11.0 Å². The second-order valence-electron chi connectivity index (χ2n) is 3.62. The van der Waals surface area contributed by atoms with E-state index in [0.717, 1.165) is 21.8 Å². The Morgan fingerprint density at radius 3 is 1.35 bits per heavy atom. The Morgan fingerprint density at radius 1 is 0.739 bits per heavy atom. The molecule has 0 unspecified atom stereocenters. The molecule has 11 heteroatoms. The molecule has 3 rings (SSSR count). The smallest absolute Gasteiger partial charge is 0.759 e. The van der Waals surface area contributed by atoms with E-state index in [1.165, 1.54) is 0 Å². The molecule has 0 saturated carbocycles. The number of aromatic nitrogens is 2. The minimum atomic E-state index is -5.17. The van der Waals surface area contributed by atoms with E-state index in [1.54, 1.807) is 12.4 Å². The van der Waals surface area contributed by atoms with Crippen molar-refractivity contribution in [3.63, 3.8) is 0 Å². The van der Waals surface area contributed by atoms with Crippen LogP contribution in [-0.2, 0) is 43.3 Å². The Morgan fingerprint density at radius 2 is 1.04 bits per heavy atom. The van der Waals surface area contributed by atoms with Crippen molar-refractivity contribution in [2.75, 3.05) is 0 Å². The fourth-order valence-corrected chi connectivity index (χ4v) is 1.68. The third-order valence-corrected chi connectivity index (χ3v) is 2.34. The summed E-state index contributed by atoms with van der Waals surface area (Å²) in [5.74, 6) is 0. The Bertz CT molecular complexity index is 767. The van der Waals surface area contributed by atoms with Gasteiger partial charge in [-0.25, -0.2) is 0 Å². The van der Waals surface area contributed by atoms with E-state index in [9.17, 15) is 0 Å². The fourth-order valence-electron chi connectivity index (χ4n) is 1.68. The molecule has 0 fully saturated rings. The molecule has 0 aliphatic rings. The van der Waals surface area contributed by atoms with Crippen LogP contribution in [0.5, 0.6) is 0 Å². The van der Waals surface area contributed by atoms with Gasteiger partial charge in [-0.2, -0.15) is 0 Å². The van der Waals surface area contributed by atoms with Crippen molar-refractivity contribution in [2.24, 2.45) is 0 Å². The Kier molecular flexibility index (Phi) is 12.4. The number of nitrogens with zero attached hydrogens (tertiary/aromatic N) is 2. The molecular weight excluding hydrogens is 375 g/mol. The van der Waals surface area contributed by atoms with Crippen LogP contribution >= 0.6 is 0 Å². The summed E-state index contributed by atoms with van der Waals surface area (Å²) in [6.45, 7) is 0. The van der Waals surface area contributed by atoms with Gasteiger partial charge in [-0.05, 0) is 12.1 Å². The average molecular weight is 392 g/mol. The van der Waals surface area contributed by atoms with Crippen LogP contribution in [0.3, 0.4) is 0 Å². The summed E-state index contributed by atoms with van der Waals surface area (Å²) in [5.41, 5.74) is 1.95. The van der Waals surface area contributed by atoms with Gasteiger partial charge in [-0.1, -0.05) is 24.3 Å². The van der Waals surface area contributed by atoms with E-state index in [-0.39, 0.29) is 32.9 Å². The average Bonchev–Trinajstić information content (AvgIpc) is 2.37. The van der Waals surface area contributed by atoms with Gasteiger partial charge in [0.15, 0.2) is 0 Å². The van der Waals surface area contributed by atoms with Gasteiger partial charge in [0.1, 0.15) is 0 Å². The van der Waals surface area contributed by atoms with E-state index < -0.39 is 10.4 Å². The Balaban J connectivity index is -0.000000400. The third kappa shape index (κ3) is 7.91. The number of benzene rings is 1. The molecule has 2 heterocycles. The van der Waals surface area contributed by atoms with E-state index in [2.05, 4.69) is 34.2 Å². The summed E-state index contributed by atoms with van der Waals surface area (Å²) < 4.78 is 34.1. The standard InChI is InChI=1S/C12H8N2.Ni.H2O4S.3H2O/c1-3-9-5-6-10-4-2-8-14-12(10)11(9)13-7-1;;1-5(2,3)4;;;/h1-8H;;(H2,1,2,3,4);3*1H2/q;+2;;;;/p+1. The molecule has 3 aromatic rings. The first-order chi connectivity index (χ1) is 8.95. The summed E-state index contributed by atoms with van der Waals surface area (Å²) in [7, 11) is -5.17. The van der Waals surface area contributed by atoms with E-state index in [4.69, 9.17) is 17.5 Å². The molecule has 0 saturated heterocycles. The van der Waals surface area contributed by atoms with Crippen LogP contribution in [-0.4, -0.2) is 27.5 Å². The van der Waals surface area contributed by atoms with Crippen molar-refractivity contribution in [1.29, 1.82) is 0 Å². The molecule has 0 aliphatic carbocycles. The zero-order valence-corrected chi connectivity index (χ0v) is 13.4. The van der Waals surface area contributed by atoms with Crippen molar-refractivity contribution in [2.45, 2.75) is 0 Å². The summed E-state index contributed by atoms with van der Waals surface area (Å²) >= 11 is 0. The molecule has 2 aromatic heterocycles. The van der Waals surface area contributed by atoms with E-state index in [0.29, 0.717) is 0 Å². The molecule has 0 bridgehead atoms. The van der Waals surface area contributed by atoms with Crippen LogP contribution in [0.4, 0.5) is 0 Å². The van der Waals surface area contributed by atoms with E-state index in [1.807, 2.05) is 12.1 Å².